The molecule has 0 spiro atoms. The molecule has 96 valence electrons. The van der Waals surface area contributed by atoms with Crippen LogP contribution in [0.25, 0.3) is 0 Å². The van der Waals surface area contributed by atoms with Crippen LogP contribution in [0.3, 0.4) is 0 Å². The minimum Gasteiger partial charge on any atom is -0.383 e. The van der Waals surface area contributed by atoms with Gasteiger partial charge in [-0.15, -0.1) is 5.10 Å². The van der Waals surface area contributed by atoms with Crippen molar-refractivity contribution < 1.29 is 5.11 Å². The van der Waals surface area contributed by atoms with Crippen LogP contribution in [0.15, 0.2) is 28.9 Å². The molecule has 2 rings (SSSR count). The minimum atomic E-state index is -1.05. The first kappa shape index (κ1) is 13.5. The summed E-state index contributed by atoms with van der Waals surface area (Å²) in [5.41, 5.74) is 0.597. The van der Waals surface area contributed by atoms with Crippen LogP contribution in [0.2, 0.25) is 5.02 Å². The first-order valence-electron chi connectivity index (χ1n) is 5.42. The molecule has 0 bridgehead atoms. The Morgan fingerprint density at radius 3 is 2.50 bits per heavy atom. The first-order valence-corrected chi connectivity index (χ1v) is 6.60. The van der Waals surface area contributed by atoms with Gasteiger partial charge in [0, 0.05) is 18.5 Å². The van der Waals surface area contributed by atoms with Crippen LogP contribution < -0.4 is 0 Å². The van der Waals surface area contributed by atoms with Crippen LogP contribution in [-0.2, 0) is 19.1 Å². The van der Waals surface area contributed by atoms with Gasteiger partial charge in [0.1, 0.15) is 11.3 Å². The fourth-order valence-corrected chi connectivity index (χ4v) is 2.87. The number of aryl methyl sites for hydroxylation is 1. The molecule has 0 aliphatic carbocycles. The molecule has 0 saturated heterocycles. The summed E-state index contributed by atoms with van der Waals surface area (Å²) in [6, 6.07) is 7.41. The molecule has 2 aromatic rings. The smallest absolute Gasteiger partial charge is 0.154 e. The molecule has 1 aromatic carbocycles. The maximum Gasteiger partial charge on any atom is 0.154 e. The third-order valence-corrected chi connectivity index (χ3v) is 3.54. The second kappa shape index (κ2) is 4.99. The van der Waals surface area contributed by atoms with E-state index in [0.29, 0.717) is 21.7 Å². The second-order valence-electron chi connectivity index (χ2n) is 4.43. The summed E-state index contributed by atoms with van der Waals surface area (Å²) in [4.78, 5) is 0. The Kier molecular flexibility index (Phi) is 3.75. The molecule has 0 aliphatic rings. The molecular weight excluding hydrogens is 318 g/mol. The van der Waals surface area contributed by atoms with Crippen molar-refractivity contribution in [2.75, 3.05) is 0 Å². The van der Waals surface area contributed by atoms with Gasteiger partial charge >= 0.3 is 0 Å². The third-order valence-electron chi connectivity index (χ3n) is 2.76. The predicted octanol–water partition coefficient (Wildman–Crippen LogP) is 2.68. The number of hydrogen-bond donors (Lipinski definition) is 1. The summed E-state index contributed by atoms with van der Waals surface area (Å²) < 4.78 is 2.13. The van der Waals surface area contributed by atoms with E-state index >= 15 is 0 Å². The summed E-state index contributed by atoms with van der Waals surface area (Å²) in [5.74, 6) is 0. The van der Waals surface area contributed by atoms with Crippen molar-refractivity contribution in [1.82, 2.24) is 15.0 Å². The average molecular weight is 331 g/mol. The molecule has 6 heteroatoms. The molecule has 0 aliphatic heterocycles. The number of benzene rings is 1. The Balaban J connectivity index is 2.29. The summed E-state index contributed by atoms with van der Waals surface area (Å²) >= 11 is 9.14. The zero-order valence-electron chi connectivity index (χ0n) is 10.1. The Bertz CT molecular complexity index is 531. The Morgan fingerprint density at radius 2 is 2.00 bits per heavy atom. The van der Waals surface area contributed by atoms with Crippen molar-refractivity contribution in [3.8, 4) is 0 Å². The van der Waals surface area contributed by atoms with E-state index in [1.807, 2.05) is 24.3 Å². The van der Waals surface area contributed by atoms with E-state index < -0.39 is 5.60 Å². The van der Waals surface area contributed by atoms with Crippen LogP contribution in [0.4, 0.5) is 0 Å². The van der Waals surface area contributed by atoms with Crippen LogP contribution in [-0.4, -0.2) is 20.1 Å². The van der Waals surface area contributed by atoms with Gasteiger partial charge < -0.3 is 5.11 Å². The lowest BCUT2D eigenvalue weighted by atomic mass is 9.93. The number of hydrogen-bond acceptors (Lipinski definition) is 3. The van der Waals surface area contributed by atoms with E-state index in [2.05, 4.69) is 26.2 Å². The average Bonchev–Trinajstić information content (AvgIpc) is 2.62. The van der Waals surface area contributed by atoms with Gasteiger partial charge in [0.25, 0.3) is 0 Å². The van der Waals surface area contributed by atoms with E-state index in [4.69, 9.17) is 11.6 Å². The standard InChI is InChI=1S/C12H13BrClN3O/c1-12(18,10-11(13)15-16-17(10)2)7-8-3-5-9(14)6-4-8/h3-6,18H,7H2,1-2H3. The van der Waals surface area contributed by atoms with Crippen molar-refractivity contribution in [2.24, 2.45) is 7.05 Å². The zero-order valence-corrected chi connectivity index (χ0v) is 12.4. The fourth-order valence-electron chi connectivity index (χ4n) is 1.99. The quantitative estimate of drug-likeness (QED) is 0.941. The lowest BCUT2D eigenvalue weighted by Gasteiger charge is -2.23. The van der Waals surface area contributed by atoms with E-state index in [1.165, 1.54) is 0 Å². The number of halogens is 2. The number of rotatable bonds is 3. The second-order valence-corrected chi connectivity index (χ2v) is 5.62. The highest BCUT2D eigenvalue weighted by molar-refractivity contribution is 9.10. The monoisotopic (exact) mass is 329 g/mol. The molecule has 1 N–H and O–H groups in total. The van der Waals surface area contributed by atoms with E-state index in [-0.39, 0.29) is 0 Å². The topological polar surface area (TPSA) is 50.9 Å². The Hall–Kier alpha value is -0.910. The van der Waals surface area contributed by atoms with Crippen LogP contribution in [0.1, 0.15) is 18.2 Å². The van der Waals surface area contributed by atoms with E-state index in [1.54, 1.807) is 18.7 Å². The summed E-state index contributed by atoms with van der Waals surface area (Å²) in [6.45, 7) is 1.74. The van der Waals surface area contributed by atoms with Crippen molar-refractivity contribution >= 4 is 27.5 Å². The van der Waals surface area contributed by atoms with Crippen molar-refractivity contribution in [3.05, 3.63) is 45.1 Å². The van der Waals surface area contributed by atoms with E-state index in [9.17, 15) is 5.11 Å². The van der Waals surface area contributed by atoms with Crippen LogP contribution >= 0.6 is 27.5 Å². The van der Waals surface area contributed by atoms with Gasteiger partial charge in [-0.2, -0.15) is 0 Å². The molecule has 1 heterocycles. The molecule has 1 aromatic heterocycles. The molecule has 0 radical (unpaired) electrons. The third kappa shape index (κ3) is 2.74. The van der Waals surface area contributed by atoms with Crippen molar-refractivity contribution in [1.29, 1.82) is 0 Å². The zero-order chi connectivity index (χ0) is 13.3. The van der Waals surface area contributed by atoms with Gasteiger partial charge in [0.05, 0.1) is 0 Å². The Labute approximate surface area is 119 Å². The summed E-state index contributed by atoms with van der Waals surface area (Å²) in [7, 11) is 1.75. The Morgan fingerprint density at radius 1 is 1.39 bits per heavy atom. The van der Waals surface area contributed by atoms with Gasteiger partial charge in [-0.3, -0.25) is 0 Å². The highest BCUT2D eigenvalue weighted by Crippen LogP contribution is 2.29. The highest BCUT2D eigenvalue weighted by atomic mass is 79.9. The molecule has 1 unspecified atom stereocenters. The summed E-state index contributed by atoms with van der Waals surface area (Å²) in [5, 5.41) is 19.0. The van der Waals surface area contributed by atoms with Crippen LogP contribution in [0, 0.1) is 0 Å². The first-order chi connectivity index (χ1) is 8.40. The SMILES string of the molecule is Cn1nnc(Br)c1C(C)(O)Cc1ccc(Cl)cc1. The van der Waals surface area contributed by atoms with Gasteiger partial charge in [-0.1, -0.05) is 28.9 Å². The van der Waals surface area contributed by atoms with Crippen LogP contribution in [0.5, 0.6) is 0 Å². The van der Waals surface area contributed by atoms with E-state index in [0.717, 1.165) is 5.56 Å². The number of aliphatic hydroxyl groups is 1. The van der Waals surface area contributed by atoms with Gasteiger partial charge in [0.2, 0.25) is 0 Å². The molecule has 0 amide bonds. The molecule has 0 fully saturated rings. The predicted molar refractivity (Wildman–Crippen MR) is 73.4 cm³/mol. The lowest BCUT2D eigenvalue weighted by molar-refractivity contribution is 0.0482. The molecule has 4 nitrogen and oxygen atoms in total. The number of aromatic nitrogens is 3. The van der Waals surface area contributed by atoms with Gasteiger partial charge in [0.15, 0.2) is 4.60 Å². The van der Waals surface area contributed by atoms with Crippen molar-refractivity contribution in [2.45, 2.75) is 18.9 Å². The lowest BCUT2D eigenvalue weighted by Crippen LogP contribution is -2.27. The highest BCUT2D eigenvalue weighted by Gasteiger charge is 2.30. The maximum atomic E-state index is 10.6. The molecule has 0 saturated carbocycles. The molecule has 1 atom stereocenters. The fraction of sp³-hybridized carbons (Fsp3) is 0.333. The molecule has 18 heavy (non-hydrogen) atoms. The number of nitrogens with zero attached hydrogens (tertiary/aromatic N) is 3. The normalized spacial score (nSPS) is 14.5. The van der Waals surface area contributed by atoms with Gasteiger partial charge in [-0.05, 0) is 40.5 Å². The summed E-state index contributed by atoms with van der Waals surface area (Å²) in [6.07, 6.45) is 0.462. The van der Waals surface area contributed by atoms with Gasteiger partial charge in [-0.25, -0.2) is 4.68 Å². The van der Waals surface area contributed by atoms with Crippen molar-refractivity contribution in [3.63, 3.8) is 0 Å². The minimum absolute atomic E-state index is 0.462. The largest absolute Gasteiger partial charge is 0.383 e. The maximum absolute atomic E-state index is 10.6. The molecular formula is C12H13BrClN3O.